The Labute approximate surface area is 173 Å². The molecular weight excluding hydrogens is 362 g/mol. The average Bonchev–Trinajstić information content (AvgIpc) is 2.77. The van der Waals surface area contributed by atoms with E-state index in [1.165, 1.54) is 0 Å². The molecule has 2 N–H and O–H groups in total. The third-order valence-electron chi connectivity index (χ3n) is 6.35. The van der Waals surface area contributed by atoms with Crippen LogP contribution in [-0.4, -0.2) is 72.6 Å². The summed E-state index contributed by atoms with van der Waals surface area (Å²) in [6.45, 7) is 5.06. The van der Waals surface area contributed by atoms with Crippen LogP contribution in [0.3, 0.4) is 0 Å². The van der Waals surface area contributed by atoms with E-state index in [9.17, 15) is 9.90 Å². The molecule has 2 aromatic rings. The minimum Gasteiger partial charge on any atom is -0.392 e. The van der Waals surface area contributed by atoms with Crippen LogP contribution in [0, 0.1) is 0 Å². The summed E-state index contributed by atoms with van der Waals surface area (Å²) >= 11 is 0. The van der Waals surface area contributed by atoms with E-state index >= 15 is 0 Å². The molecule has 2 atom stereocenters. The summed E-state index contributed by atoms with van der Waals surface area (Å²) in [5.41, 5.74) is 1.20. The molecular formula is C24H31N3O2. The Morgan fingerprint density at radius 2 is 1.69 bits per heavy atom. The Morgan fingerprint density at radius 1 is 1.03 bits per heavy atom. The van der Waals surface area contributed by atoms with Gasteiger partial charge in [0.15, 0.2) is 0 Å². The van der Waals surface area contributed by atoms with Crippen molar-refractivity contribution in [2.45, 2.75) is 30.5 Å². The number of rotatable bonds is 6. The number of β-amino-alcohol motifs (C(OH)–C–C–N with tert-alkyl or cyclic N) is 1. The molecule has 0 bridgehead atoms. The van der Waals surface area contributed by atoms with Crippen molar-refractivity contribution in [1.82, 2.24) is 15.1 Å². The summed E-state index contributed by atoms with van der Waals surface area (Å²) in [7, 11) is 0. The lowest BCUT2D eigenvalue weighted by molar-refractivity contribution is -0.119. The van der Waals surface area contributed by atoms with Gasteiger partial charge in [-0.2, -0.15) is 0 Å². The highest BCUT2D eigenvalue weighted by Gasteiger charge is 2.45. The maximum absolute atomic E-state index is 12.9. The number of hydrogen-bond acceptors (Lipinski definition) is 5. The van der Waals surface area contributed by atoms with Gasteiger partial charge in [0.05, 0.1) is 6.10 Å². The maximum atomic E-state index is 12.9. The van der Waals surface area contributed by atoms with Crippen LogP contribution in [0.1, 0.15) is 24.0 Å². The fraction of sp³-hybridized carbons (Fsp3) is 0.458. The molecule has 0 aromatic heterocycles. The van der Waals surface area contributed by atoms with Crippen molar-refractivity contribution in [1.29, 1.82) is 0 Å². The van der Waals surface area contributed by atoms with Crippen molar-refractivity contribution in [2.24, 2.45) is 0 Å². The second-order valence-electron chi connectivity index (χ2n) is 8.22. The minimum absolute atomic E-state index is 0.180. The molecule has 2 heterocycles. The summed E-state index contributed by atoms with van der Waals surface area (Å²) < 4.78 is 0. The van der Waals surface area contributed by atoms with Crippen molar-refractivity contribution in [3.8, 4) is 0 Å². The third-order valence-corrected chi connectivity index (χ3v) is 6.35. The number of aliphatic hydroxyl groups excluding tert-OH is 1. The molecule has 2 fully saturated rings. The van der Waals surface area contributed by atoms with Crippen molar-refractivity contribution >= 4 is 6.29 Å². The molecule has 4 rings (SSSR count). The molecule has 0 saturated carbocycles. The van der Waals surface area contributed by atoms with E-state index in [4.69, 9.17) is 0 Å². The van der Waals surface area contributed by atoms with Crippen molar-refractivity contribution < 1.29 is 9.90 Å². The summed E-state index contributed by atoms with van der Waals surface area (Å²) in [5.74, 6) is 0. The predicted octanol–water partition coefficient (Wildman–Crippen LogP) is 1.86. The van der Waals surface area contributed by atoms with Crippen molar-refractivity contribution in [3.63, 3.8) is 0 Å². The van der Waals surface area contributed by atoms with Gasteiger partial charge in [-0.25, -0.2) is 0 Å². The van der Waals surface area contributed by atoms with Crippen LogP contribution in [0.5, 0.6) is 0 Å². The number of likely N-dealkylation sites (tertiary alicyclic amines) is 1. The maximum Gasteiger partial charge on any atom is 0.149 e. The molecule has 154 valence electrons. The number of aldehydes is 1. The number of hydrogen-bond donors (Lipinski definition) is 2. The lowest BCUT2D eigenvalue weighted by Crippen LogP contribution is -2.64. The highest BCUT2D eigenvalue weighted by molar-refractivity contribution is 5.74. The number of aliphatic hydroxyl groups is 1. The van der Waals surface area contributed by atoms with Crippen LogP contribution < -0.4 is 5.32 Å². The zero-order valence-corrected chi connectivity index (χ0v) is 16.9. The monoisotopic (exact) mass is 393 g/mol. The topological polar surface area (TPSA) is 55.8 Å². The van der Waals surface area contributed by atoms with Crippen LogP contribution in [0.15, 0.2) is 60.7 Å². The highest BCUT2D eigenvalue weighted by atomic mass is 16.3. The standard InChI is InChI=1S/C24H31N3O2/c28-19-24(20-8-3-1-4-9-20,21-10-5-2-6-11-21)27-15-13-25-16-22(27)17-26-14-7-12-23(29)18-26/h1-6,8-11,19,22-23,25,29H,7,12-18H2/t22-,23?/m1/s1. The number of nitrogens with one attached hydrogen (secondary N) is 1. The molecule has 0 spiro atoms. The highest BCUT2D eigenvalue weighted by Crippen LogP contribution is 2.36. The van der Waals surface area contributed by atoms with Gasteiger partial charge < -0.3 is 15.2 Å². The minimum atomic E-state index is -0.816. The second kappa shape index (κ2) is 9.18. The lowest BCUT2D eigenvalue weighted by atomic mass is 9.80. The second-order valence-corrected chi connectivity index (χ2v) is 8.22. The van der Waals surface area contributed by atoms with Crippen LogP contribution in [0.2, 0.25) is 0 Å². The first-order valence-electron chi connectivity index (χ1n) is 10.7. The molecule has 2 aromatic carbocycles. The van der Waals surface area contributed by atoms with Gasteiger partial charge in [-0.15, -0.1) is 0 Å². The van der Waals surface area contributed by atoms with E-state index in [0.29, 0.717) is 0 Å². The quantitative estimate of drug-likeness (QED) is 0.734. The van der Waals surface area contributed by atoms with E-state index in [-0.39, 0.29) is 12.1 Å². The van der Waals surface area contributed by atoms with Gasteiger partial charge in [0.25, 0.3) is 0 Å². The van der Waals surface area contributed by atoms with Crippen LogP contribution >= 0.6 is 0 Å². The molecule has 2 aliphatic rings. The SMILES string of the molecule is O=CC(c1ccccc1)(c1ccccc1)N1CCNC[C@@H]1CN1CCCC(O)C1. The molecule has 0 radical (unpaired) electrons. The molecule has 2 saturated heterocycles. The van der Waals surface area contributed by atoms with Gasteiger partial charge >= 0.3 is 0 Å². The van der Waals surface area contributed by atoms with Gasteiger partial charge in [0.1, 0.15) is 11.8 Å². The predicted molar refractivity (Wildman–Crippen MR) is 115 cm³/mol. The van der Waals surface area contributed by atoms with E-state index in [1.807, 2.05) is 36.4 Å². The zero-order valence-electron chi connectivity index (χ0n) is 16.9. The molecule has 0 aliphatic carbocycles. The Balaban J connectivity index is 1.72. The van der Waals surface area contributed by atoms with Crippen LogP contribution in [0.4, 0.5) is 0 Å². The summed E-state index contributed by atoms with van der Waals surface area (Å²) in [6, 6.07) is 20.4. The molecule has 5 nitrogen and oxygen atoms in total. The number of carbonyl (C=O) groups is 1. The Kier molecular flexibility index (Phi) is 6.40. The van der Waals surface area contributed by atoms with Gasteiger partial charge in [-0.3, -0.25) is 9.80 Å². The first kappa shape index (κ1) is 20.2. The third kappa shape index (κ3) is 4.14. The lowest BCUT2D eigenvalue weighted by Gasteiger charge is -2.49. The van der Waals surface area contributed by atoms with Gasteiger partial charge in [0.2, 0.25) is 0 Å². The fourth-order valence-corrected chi connectivity index (χ4v) is 4.97. The first-order chi connectivity index (χ1) is 14.2. The molecule has 1 unspecified atom stereocenters. The summed E-state index contributed by atoms with van der Waals surface area (Å²) in [4.78, 5) is 17.6. The average molecular weight is 394 g/mol. The van der Waals surface area contributed by atoms with Crippen molar-refractivity contribution in [3.05, 3.63) is 71.8 Å². The van der Waals surface area contributed by atoms with Gasteiger partial charge in [-0.05, 0) is 30.5 Å². The zero-order chi connectivity index (χ0) is 20.1. The van der Waals surface area contributed by atoms with Crippen LogP contribution in [0.25, 0.3) is 0 Å². The van der Waals surface area contributed by atoms with E-state index in [1.54, 1.807) is 0 Å². The Bertz CT molecular complexity index is 744. The van der Waals surface area contributed by atoms with E-state index in [2.05, 4.69) is 39.4 Å². The largest absolute Gasteiger partial charge is 0.392 e. The Hall–Kier alpha value is -2.05. The Morgan fingerprint density at radius 3 is 2.28 bits per heavy atom. The molecule has 5 heteroatoms. The molecule has 0 amide bonds. The van der Waals surface area contributed by atoms with Crippen molar-refractivity contribution in [2.75, 3.05) is 39.3 Å². The number of benzene rings is 2. The van der Waals surface area contributed by atoms with E-state index < -0.39 is 5.54 Å². The van der Waals surface area contributed by atoms with Gasteiger partial charge in [0, 0.05) is 38.8 Å². The number of carbonyl (C=O) groups excluding carboxylic acids is 1. The number of piperazine rings is 1. The summed E-state index contributed by atoms with van der Waals surface area (Å²) in [6.07, 6.45) is 2.79. The normalized spacial score (nSPS) is 24.3. The first-order valence-corrected chi connectivity index (χ1v) is 10.7. The smallest absolute Gasteiger partial charge is 0.149 e. The van der Waals surface area contributed by atoms with Crippen LogP contribution in [-0.2, 0) is 10.3 Å². The summed E-state index contributed by atoms with van der Waals surface area (Å²) in [5, 5.41) is 13.6. The van der Waals surface area contributed by atoms with E-state index in [0.717, 1.165) is 69.5 Å². The fourth-order valence-electron chi connectivity index (χ4n) is 4.97. The molecule has 2 aliphatic heterocycles. The molecule has 29 heavy (non-hydrogen) atoms. The number of piperidine rings is 1. The number of nitrogens with zero attached hydrogens (tertiary/aromatic N) is 2. The van der Waals surface area contributed by atoms with Gasteiger partial charge in [-0.1, -0.05) is 60.7 Å².